The number of methoxy groups -OCH3 is 2. The topological polar surface area (TPSA) is 339 Å². The standard InChI is InChI=1S/C28H34N10O13S3/c1-50-27-34-23(29-9-14-52(41,42)43)32-24(35-27)30-19-7-5-17(21(15-19)53(44,45)46)3-4-18-6-8-20(16-22(18)54(47,48)49)31-25-33-26(37-28(36-25)51-2)38(10-12-39)11-13-40/h3-8,15-16,39-40H,9-14H2,1-2H3,(H,41,42,43)(H,44,45,46)(H,47,48,49)(H,31,33,36,37)(H2,29,30,32,34,35)/b4-3+. The molecule has 26 heteroatoms. The lowest BCUT2D eigenvalue weighted by Crippen LogP contribution is -2.31. The van der Waals surface area contributed by atoms with Crippen LogP contribution in [0.5, 0.6) is 12.0 Å². The molecule has 0 aliphatic carbocycles. The van der Waals surface area contributed by atoms with Crippen molar-refractivity contribution in [3.8, 4) is 12.0 Å². The maximum Gasteiger partial charge on any atom is 0.322 e. The van der Waals surface area contributed by atoms with E-state index in [1.807, 2.05) is 0 Å². The molecular formula is C28H34N10O13S3. The van der Waals surface area contributed by atoms with Gasteiger partial charge in [-0.05, 0) is 35.4 Å². The molecule has 0 atom stereocenters. The molecule has 23 nitrogen and oxygen atoms in total. The Hall–Kier alpha value is -5.35. The van der Waals surface area contributed by atoms with Crippen LogP contribution in [0.1, 0.15) is 11.1 Å². The molecule has 54 heavy (non-hydrogen) atoms. The number of hydrogen-bond acceptors (Lipinski definition) is 20. The van der Waals surface area contributed by atoms with E-state index in [-0.39, 0.29) is 91.2 Å². The zero-order valence-electron chi connectivity index (χ0n) is 28.2. The first-order valence-corrected chi connectivity index (χ1v) is 19.6. The van der Waals surface area contributed by atoms with Crippen molar-refractivity contribution in [2.24, 2.45) is 0 Å². The van der Waals surface area contributed by atoms with E-state index in [9.17, 15) is 44.6 Å². The lowest BCUT2D eigenvalue weighted by Gasteiger charge is -2.21. The first-order chi connectivity index (χ1) is 25.4. The molecule has 4 aromatic rings. The van der Waals surface area contributed by atoms with E-state index < -0.39 is 45.9 Å². The van der Waals surface area contributed by atoms with Gasteiger partial charge in [-0.25, -0.2) is 0 Å². The number of anilines is 6. The lowest BCUT2D eigenvalue weighted by molar-refractivity contribution is 0.279. The van der Waals surface area contributed by atoms with Crippen LogP contribution in [0.3, 0.4) is 0 Å². The molecular weight excluding hydrogens is 781 g/mol. The first kappa shape index (κ1) is 41.4. The molecule has 4 rings (SSSR count). The zero-order valence-corrected chi connectivity index (χ0v) is 30.7. The number of aliphatic hydroxyl groups excluding tert-OH is 2. The number of aromatic nitrogens is 6. The average Bonchev–Trinajstić information content (AvgIpc) is 3.09. The molecule has 292 valence electrons. The Labute approximate surface area is 308 Å². The van der Waals surface area contributed by atoms with Gasteiger partial charge in [0.1, 0.15) is 9.79 Å². The molecule has 0 saturated heterocycles. The predicted molar refractivity (Wildman–Crippen MR) is 192 cm³/mol. The second-order valence-electron chi connectivity index (χ2n) is 10.6. The largest absolute Gasteiger partial charge is 0.467 e. The van der Waals surface area contributed by atoms with Crippen molar-refractivity contribution in [1.82, 2.24) is 29.9 Å². The zero-order chi connectivity index (χ0) is 39.7. The molecule has 8 N–H and O–H groups in total. The maximum absolute atomic E-state index is 12.4. The SMILES string of the molecule is COc1nc(NCCS(=O)(=O)O)nc(Nc2ccc(/C=C/c3ccc(Nc4nc(OC)nc(N(CCO)CCO)n4)cc3S(=O)(=O)O)c(S(=O)(=O)O)c2)n1. The van der Waals surface area contributed by atoms with E-state index in [1.54, 1.807) is 0 Å². The predicted octanol–water partition coefficient (Wildman–Crippen LogP) is 0.316. The van der Waals surface area contributed by atoms with Crippen molar-refractivity contribution in [2.45, 2.75) is 9.79 Å². The van der Waals surface area contributed by atoms with E-state index >= 15 is 0 Å². The summed E-state index contributed by atoms with van der Waals surface area (Å²) < 4.78 is 111. The molecule has 0 aliphatic rings. The van der Waals surface area contributed by atoms with Gasteiger partial charge in [-0.2, -0.15) is 55.2 Å². The minimum Gasteiger partial charge on any atom is -0.467 e. The van der Waals surface area contributed by atoms with Crippen molar-refractivity contribution in [1.29, 1.82) is 0 Å². The van der Waals surface area contributed by atoms with Crippen molar-refractivity contribution >= 4 is 77.7 Å². The Bertz CT molecular complexity index is 2330. The summed E-state index contributed by atoms with van der Waals surface area (Å²) in [5.74, 6) is -1.08. The summed E-state index contributed by atoms with van der Waals surface area (Å²) in [5, 5.41) is 26.8. The highest BCUT2D eigenvalue weighted by Crippen LogP contribution is 2.28. The number of rotatable bonds is 19. The van der Waals surface area contributed by atoms with E-state index in [0.29, 0.717) is 0 Å². The van der Waals surface area contributed by atoms with Gasteiger partial charge < -0.3 is 40.5 Å². The summed E-state index contributed by atoms with van der Waals surface area (Å²) >= 11 is 0. The summed E-state index contributed by atoms with van der Waals surface area (Å²) in [6.07, 6.45) is 2.35. The quantitative estimate of drug-likeness (QED) is 0.0466. The molecule has 0 saturated carbocycles. The second kappa shape index (κ2) is 17.6. The number of aliphatic hydroxyl groups is 2. The fourth-order valence-electron chi connectivity index (χ4n) is 4.45. The molecule has 0 unspecified atom stereocenters. The Morgan fingerprint density at radius 1 is 0.667 bits per heavy atom. The van der Waals surface area contributed by atoms with Crippen LogP contribution in [0, 0.1) is 0 Å². The van der Waals surface area contributed by atoms with Gasteiger partial charge in [0.25, 0.3) is 30.4 Å². The van der Waals surface area contributed by atoms with Gasteiger partial charge in [0.15, 0.2) is 0 Å². The van der Waals surface area contributed by atoms with Crippen LogP contribution >= 0.6 is 0 Å². The molecule has 2 aromatic heterocycles. The van der Waals surface area contributed by atoms with Gasteiger partial charge in [-0.15, -0.1) is 0 Å². The number of ether oxygens (including phenoxy) is 2. The molecule has 0 spiro atoms. The monoisotopic (exact) mass is 814 g/mol. The Morgan fingerprint density at radius 2 is 1.13 bits per heavy atom. The van der Waals surface area contributed by atoms with Gasteiger partial charge in [-0.3, -0.25) is 13.7 Å². The molecule has 2 heterocycles. The van der Waals surface area contributed by atoms with E-state index in [2.05, 4.69) is 45.9 Å². The summed E-state index contributed by atoms with van der Waals surface area (Å²) in [5.41, 5.74) is -0.0770. The van der Waals surface area contributed by atoms with Crippen molar-refractivity contribution < 1.29 is 58.6 Å². The minimum absolute atomic E-state index is 0.0291. The van der Waals surface area contributed by atoms with Gasteiger partial charge in [0, 0.05) is 31.0 Å². The third-order valence-electron chi connectivity index (χ3n) is 6.79. The number of nitrogens with one attached hydrogen (secondary N) is 3. The van der Waals surface area contributed by atoms with Crippen molar-refractivity contribution in [3.05, 3.63) is 47.5 Å². The van der Waals surface area contributed by atoms with Crippen LogP contribution in [0.15, 0.2) is 46.2 Å². The summed E-state index contributed by atoms with van der Waals surface area (Å²) in [6, 6.07) is 7.02. The number of benzene rings is 2. The average molecular weight is 815 g/mol. The smallest absolute Gasteiger partial charge is 0.322 e. The van der Waals surface area contributed by atoms with Gasteiger partial charge in [0.05, 0.1) is 33.2 Å². The number of nitrogens with zero attached hydrogens (tertiary/aromatic N) is 7. The molecule has 0 amide bonds. The third-order valence-corrected chi connectivity index (χ3v) is 9.33. The maximum atomic E-state index is 12.4. The first-order valence-electron chi connectivity index (χ1n) is 15.1. The minimum atomic E-state index is -4.90. The Morgan fingerprint density at radius 3 is 1.57 bits per heavy atom. The molecule has 0 bridgehead atoms. The van der Waals surface area contributed by atoms with Crippen LogP contribution in [0.25, 0.3) is 12.2 Å². The van der Waals surface area contributed by atoms with E-state index in [4.69, 9.17) is 14.0 Å². The van der Waals surface area contributed by atoms with Crippen LogP contribution < -0.4 is 30.3 Å². The van der Waals surface area contributed by atoms with Crippen molar-refractivity contribution in [3.63, 3.8) is 0 Å². The van der Waals surface area contributed by atoms with Crippen LogP contribution in [-0.2, 0) is 30.4 Å². The molecule has 2 aromatic carbocycles. The van der Waals surface area contributed by atoms with Gasteiger partial charge in [0.2, 0.25) is 23.8 Å². The van der Waals surface area contributed by atoms with E-state index in [0.717, 1.165) is 12.1 Å². The normalized spacial score (nSPS) is 12.1. The summed E-state index contributed by atoms with van der Waals surface area (Å²) in [6.45, 7) is -0.703. The summed E-state index contributed by atoms with van der Waals surface area (Å²) in [4.78, 5) is 24.6. The van der Waals surface area contributed by atoms with Crippen LogP contribution in [0.2, 0.25) is 0 Å². The Kier molecular flexibility index (Phi) is 13.5. The van der Waals surface area contributed by atoms with Crippen LogP contribution in [0.4, 0.5) is 35.2 Å². The third kappa shape index (κ3) is 11.8. The molecule has 0 aliphatic heterocycles. The second-order valence-corrected chi connectivity index (χ2v) is 15.0. The highest BCUT2D eigenvalue weighted by Gasteiger charge is 2.20. The highest BCUT2D eigenvalue weighted by atomic mass is 32.2. The molecule has 0 fully saturated rings. The Balaban J connectivity index is 1.64. The van der Waals surface area contributed by atoms with Gasteiger partial charge in [-0.1, -0.05) is 24.3 Å². The van der Waals surface area contributed by atoms with Crippen molar-refractivity contribution in [2.75, 3.05) is 73.7 Å². The van der Waals surface area contributed by atoms with E-state index in [1.165, 1.54) is 55.5 Å². The fraction of sp³-hybridized carbons (Fsp3) is 0.286. The van der Waals surface area contributed by atoms with Crippen LogP contribution in [-0.4, -0.2) is 132 Å². The molecule has 0 radical (unpaired) electrons. The number of hydrogen-bond donors (Lipinski definition) is 8. The van der Waals surface area contributed by atoms with Gasteiger partial charge >= 0.3 is 12.0 Å². The highest BCUT2D eigenvalue weighted by molar-refractivity contribution is 7.86. The lowest BCUT2D eigenvalue weighted by atomic mass is 10.1. The summed E-state index contributed by atoms with van der Waals surface area (Å²) in [7, 11) is -11.5. The fourth-order valence-corrected chi connectivity index (χ4v) is 6.23.